The molecule has 0 aliphatic carbocycles. The summed E-state index contributed by atoms with van der Waals surface area (Å²) in [6, 6.07) is 11.0. The average molecular weight is 320 g/mol. The fraction of sp³-hybridized carbons (Fsp3) is 0.0625. The highest BCUT2D eigenvalue weighted by molar-refractivity contribution is 6.38. The van der Waals surface area contributed by atoms with E-state index in [0.29, 0.717) is 21.4 Å². The molecule has 3 rings (SSSR count). The first-order valence-corrected chi connectivity index (χ1v) is 7.01. The van der Waals surface area contributed by atoms with Crippen LogP contribution in [0.4, 0.5) is 5.69 Å². The Kier molecular flexibility index (Phi) is 3.62. The third-order valence-corrected chi connectivity index (χ3v) is 3.81. The highest BCUT2D eigenvalue weighted by Crippen LogP contribution is 2.37. The standard InChI is InChI=1S/C16H11Cl2NO2/c1-21-15-12(17)7-9(8-13(15)18)6-11-10-4-2-3-5-14(10)19-16(11)20/h2-8H,1H3,(H,19,20)/b11-6-. The summed E-state index contributed by atoms with van der Waals surface area (Å²) in [4.78, 5) is 12.1. The van der Waals surface area contributed by atoms with Crippen LogP contribution in [0, 0.1) is 0 Å². The maximum absolute atomic E-state index is 12.1. The van der Waals surface area contributed by atoms with Gasteiger partial charge in [-0.1, -0.05) is 41.4 Å². The van der Waals surface area contributed by atoms with Gasteiger partial charge in [-0.25, -0.2) is 0 Å². The summed E-state index contributed by atoms with van der Waals surface area (Å²) >= 11 is 12.2. The molecule has 0 bridgehead atoms. The molecule has 0 unspecified atom stereocenters. The lowest BCUT2D eigenvalue weighted by Gasteiger charge is -2.07. The third-order valence-electron chi connectivity index (χ3n) is 3.25. The lowest BCUT2D eigenvalue weighted by atomic mass is 10.0. The number of hydrogen-bond acceptors (Lipinski definition) is 2. The molecular formula is C16H11Cl2NO2. The van der Waals surface area contributed by atoms with Crippen molar-refractivity contribution in [1.29, 1.82) is 0 Å². The number of rotatable bonds is 2. The van der Waals surface area contributed by atoms with Crippen LogP contribution in [0.15, 0.2) is 36.4 Å². The minimum Gasteiger partial charge on any atom is -0.494 e. The van der Waals surface area contributed by atoms with Gasteiger partial charge in [0.05, 0.1) is 17.2 Å². The van der Waals surface area contributed by atoms with Crippen molar-refractivity contribution in [3.8, 4) is 5.75 Å². The number of ether oxygens (including phenoxy) is 1. The molecule has 0 saturated heterocycles. The van der Waals surface area contributed by atoms with Gasteiger partial charge in [-0.2, -0.15) is 0 Å². The lowest BCUT2D eigenvalue weighted by Crippen LogP contribution is -2.03. The summed E-state index contributed by atoms with van der Waals surface area (Å²) in [5, 5.41) is 3.63. The molecule has 2 aromatic carbocycles. The Morgan fingerprint density at radius 3 is 2.48 bits per heavy atom. The summed E-state index contributed by atoms with van der Waals surface area (Å²) in [5.74, 6) is 0.288. The summed E-state index contributed by atoms with van der Waals surface area (Å²) in [5.41, 5.74) is 3.00. The van der Waals surface area contributed by atoms with Gasteiger partial charge in [0.2, 0.25) is 0 Å². The van der Waals surface area contributed by atoms with Crippen molar-refractivity contribution in [3.05, 3.63) is 57.6 Å². The van der Waals surface area contributed by atoms with E-state index in [1.807, 2.05) is 24.3 Å². The van der Waals surface area contributed by atoms with Gasteiger partial charge >= 0.3 is 0 Å². The first-order valence-electron chi connectivity index (χ1n) is 6.25. The molecule has 5 heteroatoms. The quantitative estimate of drug-likeness (QED) is 0.828. The molecule has 0 fully saturated rings. The van der Waals surface area contributed by atoms with E-state index in [2.05, 4.69) is 5.32 Å². The molecule has 1 heterocycles. The summed E-state index contributed by atoms with van der Waals surface area (Å²) in [6.07, 6.45) is 1.76. The maximum Gasteiger partial charge on any atom is 0.256 e. The SMILES string of the molecule is COc1c(Cl)cc(/C=C2\C(=O)Nc3ccccc32)cc1Cl. The van der Waals surface area contributed by atoms with Crippen LogP contribution in [-0.4, -0.2) is 13.0 Å². The zero-order chi connectivity index (χ0) is 15.0. The maximum atomic E-state index is 12.1. The number of benzene rings is 2. The van der Waals surface area contributed by atoms with Crippen molar-refractivity contribution in [3.63, 3.8) is 0 Å². The minimum absolute atomic E-state index is 0.140. The van der Waals surface area contributed by atoms with Crippen molar-refractivity contribution in [2.24, 2.45) is 0 Å². The first-order chi connectivity index (χ1) is 10.1. The van der Waals surface area contributed by atoms with Gasteiger partial charge in [-0.3, -0.25) is 4.79 Å². The second kappa shape index (κ2) is 5.43. The van der Waals surface area contributed by atoms with Crippen LogP contribution in [0.3, 0.4) is 0 Å². The van der Waals surface area contributed by atoms with Gasteiger partial charge < -0.3 is 10.1 Å². The number of halogens is 2. The fourth-order valence-electron chi connectivity index (χ4n) is 2.31. The molecule has 0 spiro atoms. The molecule has 106 valence electrons. The van der Waals surface area contributed by atoms with Crippen LogP contribution in [0.2, 0.25) is 10.0 Å². The van der Waals surface area contributed by atoms with E-state index in [4.69, 9.17) is 27.9 Å². The molecule has 1 amide bonds. The number of nitrogens with one attached hydrogen (secondary N) is 1. The van der Waals surface area contributed by atoms with Gasteiger partial charge in [0.1, 0.15) is 0 Å². The Hall–Kier alpha value is -1.97. The first kappa shape index (κ1) is 14.0. The van der Waals surface area contributed by atoms with E-state index in [0.717, 1.165) is 16.8 Å². The van der Waals surface area contributed by atoms with Crippen LogP contribution in [0.25, 0.3) is 11.6 Å². The van der Waals surface area contributed by atoms with E-state index in [9.17, 15) is 4.79 Å². The summed E-state index contributed by atoms with van der Waals surface area (Å²) < 4.78 is 5.11. The lowest BCUT2D eigenvalue weighted by molar-refractivity contribution is -0.110. The molecule has 2 aromatic rings. The molecule has 21 heavy (non-hydrogen) atoms. The zero-order valence-corrected chi connectivity index (χ0v) is 12.6. The van der Waals surface area contributed by atoms with Crippen molar-refractivity contribution in [2.75, 3.05) is 12.4 Å². The number of anilines is 1. The monoisotopic (exact) mass is 319 g/mol. The van der Waals surface area contributed by atoms with Gasteiger partial charge in [-0.05, 0) is 29.8 Å². The van der Waals surface area contributed by atoms with E-state index in [1.54, 1.807) is 18.2 Å². The second-order valence-corrected chi connectivity index (χ2v) is 5.39. The Bertz CT molecular complexity index is 746. The van der Waals surface area contributed by atoms with Crippen LogP contribution >= 0.6 is 23.2 Å². The minimum atomic E-state index is -0.140. The molecule has 1 aliphatic rings. The van der Waals surface area contributed by atoms with Gasteiger partial charge in [0, 0.05) is 16.8 Å². The van der Waals surface area contributed by atoms with Gasteiger partial charge in [0.15, 0.2) is 5.75 Å². The van der Waals surface area contributed by atoms with Crippen molar-refractivity contribution < 1.29 is 9.53 Å². The topological polar surface area (TPSA) is 38.3 Å². The second-order valence-electron chi connectivity index (χ2n) is 4.58. The Balaban J connectivity index is 2.09. The Morgan fingerprint density at radius 1 is 1.14 bits per heavy atom. The number of hydrogen-bond donors (Lipinski definition) is 1. The number of methoxy groups -OCH3 is 1. The predicted octanol–water partition coefficient (Wildman–Crippen LogP) is 4.49. The van der Waals surface area contributed by atoms with Crippen molar-refractivity contribution in [2.45, 2.75) is 0 Å². The van der Waals surface area contributed by atoms with Crippen LogP contribution in [0.5, 0.6) is 5.75 Å². The van der Waals surface area contributed by atoms with Gasteiger partial charge in [-0.15, -0.1) is 0 Å². The molecular weight excluding hydrogens is 309 g/mol. The summed E-state index contributed by atoms with van der Waals surface area (Å²) in [6.45, 7) is 0. The normalized spacial score (nSPS) is 15.0. The fourth-order valence-corrected chi connectivity index (χ4v) is 2.96. The number of amides is 1. The Labute approximate surface area is 132 Å². The number of carbonyl (C=O) groups is 1. The molecule has 0 atom stereocenters. The van der Waals surface area contributed by atoms with Crippen molar-refractivity contribution in [1.82, 2.24) is 0 Å². The molecule has 3 nitrogen and oxygen atoms in total. The largest absolute Gasteiger partial charge is 0.494 e. The number of carbonyl (C=O) groups excluding carboxylic acids is 1. The van der Waals surface area contributed by atoms with Crippen LogP contribution in [-0.2, 0) is 4.79 Å². The third kappa shape index (κ3) is 2.50. The van der Waals surface area contributed by atoms with E-state index >= 15 is 0 Å². The van der Waals surface area contributed by atoms with Crippen LogP contribution in [0.1, 0.15) is 11.1 Å². The molecule has 0 saturated carbocycles. The van der Waals surface area contributed by atoms with E-state index < -0.39 is 0 Å². The van der Waals surface area contributed by atoms with Gasteiger partial charge in [0.25, 0.3) is 5.91 Å². The molecule has 0 aromatic heterocycles. The summed E-state index contributed by atoms with van der Waals surface area (Å²) in [7, 11) is 1.51. The van der Waals surface area contributed by atoms with Crippen LogP contribution < -0.4 is 10.1 Å². The van der Waals surface area contributed by atoms with E-state index in [-0.39, 0.29) is 5.91 Å². The molecule has 1 N–H and O–H groups in total. The molecule has 1 aliphatic heterocycles. The average Bonchev–Trinajstić information content (AvgIpc) is 2.75. The predicted molar refractivity (Wildman–Crippen MR) is 86.0 cm³/mol. The zero-order valence-electron chi connectivity index (χ0n) is 11.1. The number of fused-ring (bicyclic) bond motifs is 1. The van der Waals surface area contributed by atoms with E-state index in [1.165, 1.54) is 7.11 Å². The Morgan fingerprint density at radius 2 is 1.81 bits per heavy atom. The molecule has 0 radical (unpaired) electrons. The highest BCUT2D eigenvalue weighted by atomic mass is 35.5. The van der Waals surface area contributed by atoms with Crippen molar-refractivity contribution >= 4 is 46.4 Å². The smallest absolute Gasteiger partial charge is 0.256 e. The highest BCUT2D eigenvalue weighted by Gasteiger charge is 2.23. The number of para-hydroxylation sites is 1.